The van der Waals surface area contributed by atoms with Crippen LogP contribution in [0.15, 0.2) is 60.8 Å². The van der Waals surface area contributed by atoms with Crippen LogP contribution in [-0.2, 0) is 16.1 Å². The summed E-state index contributed by atoms with van der Waals surface area (Å²) in [6.45, 7) is 11.2. The van der Waals surface area contributed by atoms with E-state index in [1.165, 1.54) is 5.56 Å². The van der Waals surface area contributed by atoms with Gasteiger partial charge >= 0.3 is 5.97 Å². The zero-order valence-corrected chi connectivity index (χ0v) is 17.6. The van der Waals surface area contributed by atoms with Gasteiger partial charge in [-0.1, -0.05) is 76.2 Å². The molecule has 0 saturated heterocycles. The normalized spacial score (nSPS) is 12.9. The van der Waals surface area contributed by atoms with Crippen molar-refractivity contribution in [1.82, 2.24) is 4.57 Å². The second-order valence-electron chi connectivity index (χ2n) is 8.33. The van der Waals surface area contributed by atoms with Gasteiger partial charge in [-0.05, 0) is 36.0 Å². The van der Waals surface area contributed by atoms with Crippen LogP contribution < -0.4 is 0 Å². The number of carbonyl (C=O) groups excluding carboxylic acids is 1. The Kier molecular flexibility index (Phi) is 6.23. The maximum atomic E-state index is 12.9. The van der Waals surface area contributed by atoms with E-state index in [1.54, 1.807) is 0 Å². The number of esters is 1. The van der Waals surface area contributed by atoms with Gasteiger partial charge in [0.25, 0.3) is 0 Å². The van der Waals surface area contributed by atoms with Crippen LogP contribution in [0.5, 0.6) is 0 Å². The first-order valence-electron chi connectivity index (χ1n) is 10.2. The first-order chi connectivity index (χ1) is 13.4. The Morgan fingerprint density at radius 1 is 0.893 bits per heavy atom. The minimum absolute atomic E-state index is 0.0624. The lowest BCUT2D eigenvalue weighted by atomic mass is 9.95. The van der Waals surface area contributed by atoms with Crippen molar-refractivity contribution < 1.29 is 9.53 Å². The highest BCUT2D eigenvalue weighted by atomic mass is 16.5. The number of hydrogen-bond acceptors (Lipinski definition) is 2. The largest absolute Gasteiger partial charge is 0.461 e. The van der Waals surface area contributed by atoms with Crippen LogP contribution in [-0.4, -0.2) is 16.6 Å². The molecule has 0 aliphatic rings. The molecule has 0 fully saturated rings. The molecule has 1 aromatic heterocycles. The van der Waals surface area contributed by atoms with Gasteiger partial charge in [0.15, 0.2) is 0 Å². The van der Waals surface area contributed by atoms with Gasteiger partial charge in [0.05, 0.1) is 5.92 Å². The second kappa shape index (κ2) is 8.64. The van der Waals surface area contributed by atoms with Gasteiger partial charge in [-0.3, -0.25) is 4.79 Å². The number of para-hydroxylation sites is 1. The van der Waals surface area contributed by atoms with Crippen LogP contribution in [0.1, 0.15) is 51.7 Å². The summed E-state index contributed by atoms with van der Waals surface area (Å²) in [5.41, 5.74) is 3.41. The average Bonchev–Trinajstić information content (AvgIpc) is 3.04. The van der Waals surface area contributed by atoms with E-state index in [0.717, 1.165) is 23.0 Å². The number of benzene rings is 2. The van der Waals surface area contributed by atoms with E-state index in [4.69, 9.17) is 4.74 Å². The lowest BCUT2D eigenvalue weighted by Crippen LogP contribution is -2.30. The molecule has 148 valence electrons. The Morgan fingerprint density at radius 3 is 2.14 bits per heavy atom. The smallest absolute Gasteiger partial charge is 0.313 e. The molecule has 0 N–H and O–H groups in total. The molecule has 2 aromatic carbocycles. The molecule has 3 nitrogen and oxygen atoms in total. The summed E-state index contributed by atoms with van der Waals surface area (Å²) in [4.78, 5) is 12.9. The van der Waals surface area contributed by atoms with E-state index in [2.05, 4.69) is 74.9 Å². The molecule has 0 aliphatic carbocycles. The van der Waals surface area contributed by atoms with Gasteiger partial charge in [0, 0.05) is 23.6 Å². The standard InChI is InChI=1S/C25H31NO2/c1-17(2)24(18(3)4)28-25(27)19(5)22-16-26(15-20-11-7-6-8-12-20)23-14-10-9-13-21(22)23/h6-14,16-19,24H,15H2,1-5H3/t19-/m1/s1. The number of nitrogens with zero attached hydrogens (tertiary/aromatic N) is 1. The van der Waals surface area contributed by atoms with Crippen LogP contribution in [0.3, 0.4) is 0 Å². The molecule has 3 aromatic rings. The van der Waals surface area contributed by atoms with E-state index in [1.807, 2.05) is 25.1 Å². The number of fused-ring (bicyclic) bond motifs is 1. The van der Waals surface area contributed by atoms with E-state index in [9.17, 15) is 4.79 Å². The van der Waals surface area contributed by atoms with Crippen LogP contribution in [0.2, 0.25) is 0 Å². The first-order valence-corrected chi connectivity index (χ1v) is 10.2. The van der Waals surface area contributed by atoms with E-state index in [-0.39, 0.29) is 18.0 Å². The Bertz CT molecular complexity index is 916. The molecular weight excluding hydrogens is 346 g/mol. The average molecular weight is 378 g/mol. The van der Waals surface area contributed by atoms with Crippen LogP contribution in [0, 0.1) is 11.8 Å². The molecule has 0 spiro atoms. The fourth-order valence-electron chi connectivity index (χ4n) is 3.94. The summed E-state index contributed by atoms with van der Waals surface area (Å²) >= 11 is 0. The number of ether oxygens (including phenoxy) is 1. The SMILES string of the molecule is CC(C)C(OC(=O)[C@H](C)c1cn(Cc2ccccc2)c2ccccc12)C(C)C. The molecule has 3 rings (SSSR count). The number of aromatic nitrogens is 1. The highest BCUT2D eigenvalue weighted by Gasteiger charge is 2.27. The summed E-state index contributed by atoms with van der Waals surface area (Å²) in [5.74, 6) is 0.156. The van der Waals surface area contributed by atoms with Gasteiger partial charge in [0.1, 0.15) is 6.10 Å². The predicted molar refractivity (Wildman–Crippen MR) is 115 cm³/mol. The van der Waals surface area contributed by atoms with Crippen molar-refractivity contribution in [3.8, 4) is 0 Å². The molecule has 0 unspecified atom stereocenters. The molecule has 0 bridgehead atoms. The topological polar surface area (TPSA) is 31.2 Å². The quantitative estimate of drug-likeness (QED) is 0.472. The Balaban J connectivity index is 1.91. The molecule has 0 radical (unpaired) electrons. The third kappa shape index (κ3) is 4.30. The van der Waals surface area contributed by atoms with Gasteiger partial charge in [-0.25, -0.2) is 0 Å². The number of hydrogen-bond donors (Lipinski definition) is 0. The van der Waals surface area contributed by atoms with Crippen molar-refractivity contribution in [2.45, 2.75) is 53.2 Å². The number of carbonyl (C=O) groups is 1. The Labute approximate surface area is 168 Å². The minimum Gasteiger partial charge on any atom is -0.461 e. The summed E-state index contributed by atoms with van der Waals surface area (Å²) < 4.78 is 8.15. The molecule has 3 heteroatoms. The van der Waals surface area contributed by atoms with Crippen molar-refractivity contribution in [3.05, 3.63) is 71.9 Å². The van der Waals surface area contributed by atoms with Crippen LogP contribution >= 0.6 is 0 Å². The summed E-state index contributed by atoms with van der Waals surface area (Å²) in [6, 6.07) is 18.7. The zero-order valence-electron chi connectivity index (χ0n) is 17.6. The van der Waals surface area contributed by atoms with Crippen molar-refractivity contribution in [2.75, 3.05) is 0 Å². The summed E-state index contributed by atoms with van der Waals surface area (Å²) in [5, 5.41) is 1.12. The van der Waals surface area contributed by atoms with Gasteiger partial charge in [-0.2, -0.15) is 0 Å². The maximum Gasteiger partial charge on any atom is 0.313 e. The van der Waals surface area contributed by atoms with Crippen molar-refractivity contribution in [2.24, 2.45) is 11.8 Å². The first kappa shape index (κ1) is 20.2. The molecule has 1 atom stereocenters. The second-order valence-corrected chi connectivity index (χ2v) is 8.33. The zero-order chi connectivity index (χ0) is 20.3. The molecule has 0 aliphatic heterocycles. The monoisotopic (exact) mass is 377 g/mol. The molecule has 0 saturated carbocycles. The van der Waals surface area contributed by atoms with Crippen molar-refractivity contribution in [3.63, 3.8) is 0 Å². The summed E-state index contributed by atoms with van der Waals surface area (Å²) in [6.07, 6.45) is 2.05. The third-order valence-corrected chi connectivity index (χ3v) is 5.40. The van der Waals surface area contributed by atoms with Gasteiger partial charge < -0.3 is 9.30 Å². The van der Waals surface area contributed by atoms with E-state index in [0.29, 0.717) is 11.8 Å². The van der Waals surface area contributed by atoms with Crippen molar-refractivity contribution >= 4 is 16.9 Å². The third-order valence-electron chi connectivity index (χ3n) is 5.40. The van der Waals surface area contributed by atoms with E-state index >= 15 is 0 Å². The molecule has 1 heterocycles. The van der Waals surface area contributed by atoms with Crippen LogP contribution in [0.4, 0.5) is 0 Å². The summed E-state index contributed by atoms with van der Waals surface area (Å²) in [7, 11) is 0. The fourth-order valence-corrected chi connectivity index (χ4v) is 3.94. The number of rotatable bonds is 7. The Morgan fingerprint density at radius 2 is 1.50 bits per heavy atom. The molecule has 0 amide bonds. The predicted octanol–water partition coefficient (Wildman–Crippen LogP) is 6.02. The highest BCUT2D eigenvalue weighted by Crippen LogP contribution is 2.30. The Hall–Kier alpha value is -2.55. The lowest BCUT2D eigenvalue weighted by Gasteiger charge is -2.26. The fraction of sp³-hybridized carbons (Fsp3) is 0.400. The van der Waals surface area contributed by atoms with E-state index < -0.39 is 0 Å². The van der Waals surface area contributed by atoms with Gasteiger partial charge in [0.2, 0.25) is 0 Å². The van der Waals surface area contributed by atoms with Gasteiger partial charge in [-0.15, -0.1) is 0 Å². The lowest BCUT2D eigenvalue weighted by molar-refractivity contribution is -0.155. The van der Waals surface area contributed by atoms with Crippen molar-refractivity contribution in [1.29, 1.82) is 0 Å². The minimum atomic E-state index is -0.304. The molecular formula is C25H31NO2. The van der Waals surface area contributed by atoms with Crippen LogP contribution in [0.25, 0.3) is 10.9 Å². The molecule has 28 heavy (non-hydrogen) atoms. The highest BCUT2D eigenvalue weighted by molar-refractivity contribution is 5.90. The maximum absolute atomic E-state index is 12.9.